The molecule has 46 heavy (non-hydrogen) atoms. The molecule has 0 unspecified atom stereocenters. The Kier molecular flexibility index (Phi) is 9.04. The van der Waals surface area contributed by atoms with Gasteiger partial charge in [0.15, 0.2) is 16.3 Å². The number of hydrogen-bond acceptors (Lipinski definition) is 8. The lowest BCUT2D eigenvalue weighted by Crippen LogP contribution is -2.40. The summed E-state index contributed by atoms with van der Waals surface area (Å²) in [6.45, 7) is 2.05. The highest BCUT2D eigenvalue weighted by Gasteiger charge is 2.35. The van der Waals surface area contributed by atoms with Gasteiger partial charge in [0.25, 0.3) is 5.56 Å². The molecule has 2 heterocycles. The van der Waals surface area contributed by atoms with Crippen molar-refractivity contribution in [2.75, 3.05) is 21.3 Å². The molecule has 0 amide bonds. The number of aromatic nitrogens is 1. The molecule has 0 aliphatic carbocycles. The van der Waals surface area contributed by atoms with E-state index in [-0.39, 0.29) is 11.1 Å². The van der Waals surface area contributed by atoms with Gasteiger partial charge >= 0.3 is 5.97 Å². The normalized spacial score (nSPS) is 14.6. The molecule has 0 fully saturated rings. The number of ether oxygens (including phenoxy) is 4. The number of thiazole rings is 1. The van der Waals surface area contributed by atoms with Crippen LogP contribution >= 0.6 is 38.9 Å². The molecule has 1 atom stereocenters. The third kappa shape index (κ3) is 5.84. The van der Waals surface area contributed by atoms with E-state index >= 15 is 0 Å². The van der Waals surface area contributed by atoms with Gasteiger partial charge in [-0.15, -0.1) is 0 Å². The molecule has 1 aromatic heterocycles. The van der Waals surface area contributed by atoms with Crippen molar-refractivity contribution in [3.63, 3.8) is 0 Å². The Bertz CT molecular complexity index is 2220. The standard InChI is InChI=1S/C35H28BrClN2O6S/c1-19-30(34(41)44-4)31(25-17-23(37)12-13-27(25)42-2)39-33(40)29(46-35(39)38-19)16-20-14-26(36)32(28(15-20)43-3)45-18-22-10-7-9-21-8-5-6-11-24(21)22/h5-17,31H,18H2,1-4H3/b29-16-/t31-/m1/s1. The van der Waals surface area contributed by atoms with Gasteiger partial charge in [0, 0.05) is 10.6 Å². The summed E-state index contributed by atoms with van der Waals surface area (Å²) in [6, 6.07) is 22.1. The predicted molar refractivity (Wildman–Crippen MR) is 183 cm³/mol. The third-order valence-electron chi connectivity index (χ3n) is 7.71. The molecule has 0 radical (unpaired) electrons. The highest BCUT2D eigenvalue weighted by atomic mass is 79.9. The Hall–Kier alpha value is -4.38. The van der Waals surface area contributed by atoms with Crippen LogP contribution in [0.3, 0.4) is 0 Å². The topological polar surface area (TPSA) is 88.4 Å². The summed E-state index contributed by atoms with van der Waals surface area (Å²) in [5.74, 6) is 0.905. The molecule has 234 valence electrons. The molecule has 1 aliphatic heterocycles. The maximum atomic E-state index is 14.1. The van der Waals surface area contributed by atoms with Gasteiger partial charge in [0.1, 0.15) is 18.4 Å². The average molecular weight is 720 g/mol. The smallest absolute Gasteiger partial charge is 0.338 e. The lowest BCUT2D eigenvalue weighted by molar-refractivity contribution is -0.136. The Morgan fingerprint density at radius 1 is 1.02 bits per heavy atom. The zero-order valence-electron chi connectivity index (χ0n) is 25.3. The first-order valence-corrected chi connectivity index (χ1v) is 16.1. The molecule has 6 rings (SSSR count). The molecule has 4 aromatic carbocycles. The number of benzene rings is 4. The predicted octanol–water partition coefficient (Wildman–Crippen LogP) is 6.57. The Balaban J connectivity index is 1.42. The van der Waals surface area contributed by atoms with Crippen molar-refractivity contribution < 1.29 is 23.7 Å². The Labute approximate surface area is 281 Å². The minimum absolute atomic E-state index is 0.221. The molecule has 8 nitrogen and oxygen atoms in total. The number of nitrogens with zero attached hydrogens (tertiary/aromatic N) is 2. The first-order valence-electron chi connectivity index (χ1n) is 14.1. The SMILES string of the molecule is COC(=O)C1=C(C)N=c2s/c(=C\c3cc(Br)c(OCc4cccc5ccccc45)c(OC)c3)c(=O)n2[C@@H]1c1cc(Cl)ccc1OC. The number of fused-ring (bicyclic) bond motifs is 2. The number of rotatable bonds is 8. The molecule has 5 aromatic rings. The maximum Gasteiger partial charge on any atom is 0.338 e. The first kappa shape index (κ1) is 31.6. The van der Waals surface area contributed by atoms with Gasteiger partial charge in [0.05, 0.1) is 41.6 Å². The van der Waals surface area contributed by atoms with Crippen LogP contribution in [-0.2, 0) is 16.1 Å². The number of allylic oxidation sites excluding steroid dienone is 1. The van der Waals surface area contributed by atoms with Crippen molar-refractivity contribution >= 4 is 61.7 Å². The molecule has 0 N–H and O–H groups in total. The van der Waals surface area contributed by atoms with E-state index in [0.717, 1.165) is 16.3 Å². The maximum absolute atomic E-state index is 14.1. The van der Waals surface area contributed by atoms with Crippen LogP contribution in [0.2, 0.25) is 5.02 Å². The van der Waals surface area contributed by atoms with E-state index in [1.807, 2.05) is 36.4 Å². The lowest BCUT2D eigenvalue weighted by Gasteiger charge is -2.25. The summed E-state index contributed by atoms with van der Waals surface area (Å²) < 4.78 is 25.3. The molecule has 0 spiro atoms. The monoisotopic (exact) mass is 718 g/mol. The van der Waals surface area contributed by atoms with E-state index < -0.39 is 12.0 Å². The van der Waals surface area contributed by atoms with Crippen LogP contribution in [0.25, 0.3) is 16.8 Å². The second kappa shape index (κ2) is 13.2. The zero-order chi connectivity index (χ0) is 32.5. The van der Waals surface area contributed by atoms with Gasteiger partial charge < -0.3 is 18.9 Å². The number of methoxy groups -OCH3 is 3. The summed E-state index contributed by atoms with van der Waals surface area (Å²) in [6.07, 6.45) is 1.76. The number of halogens is 2. The molecule has 11 heteroatoms. The molecule has 0 bridgehead atoms. The highest BCUT2D eigenvalue weighted by molar-refractivity contribution is 9.10. The van der Waals surface area contributed by atoms with Gasteiger partial charge in [0.2, 0.25) is 0 Å². The highest BCUT2D eigenvalue weighted by Crippen LogP contribution is 2.39. The summed E-state index contributed by atoms with van der Waals surface area (Å²) in [7, 11) is 4.38. The summed E-state index contributed by atoms with van der Waals surface area (Å²) in [5, 5.41) is 2.68. The summed E-state index contributed by atoms with van der Waals surface area (Å²) in [5.41, 5.74) is 2.60. The van der Waals surface area contributed by atoms with Crippen LogP contribution in [0.1, 0.15) is 29.7 Å². The minimum atomic E-state index is -0.870. The zero-order valence-corrected chi connectivity index (χ0v) is 28.5. The van der Waals surface area contributed by atoms with Crippen molar-refractivity contribution in [2.45, 2.75) is 19.6 Å². The second-order valence-corrected chi connectivity index (χ2v) is 12.7. The van der Waals surface area contributed by atoms with Gasteiger partial charge in [-0.2, -0.15) is 0 Å². The Morgan fingerprint density at radius 2 is 1.78 bits per heavy atom. The Morgan fingerprint density at radius 3 is 2.54 bits per heavy atom. The largest absolute Gasteiger partial charge is 0.496 e. The molecular formula is C35H28BrClN2O6S. The summed E-state index contributed by atoms with van der Waals surface area (Å²) in [4.78, 5) is 32.2. The molecular weight excluding hydrogens is 692 g/mol. The molecule has 0 saturated carbocycles. The lowest BCUT2D eigenvalue weighted by atomic mass is 9.95. The van der Waals surface area contributed by atoms with Gasteiger partial charge in [-0.25, -0.2) is 9.79 Å². The van der Waals surface area contributed by atoms with Gasteiger partial charge in [-0.1, -0.05) is 65.4 Å². The number of carbonyl (C=O) groups excluding carboxylic acids is 1. The van der Waals surface area contributed by atoms with E-state index in [1.54, 1.807) is 38.3 Å². The molecule has 1 aliphatic rings. The first-order chi connectivity index (χ1) is 22.2. The third-order valence-corrected chi connectivity index (χ3v) is 9.52. The van der Waals surface area contributed by atoms with E-state index in [1.165, 1.54) is 30.1 Å². The fraction of sp³-hybridized carbons (Fsp3) is 0.171. The van der Waals surface area contributed by atoms with E-state index in [0.29, 0.717) is 59.5 Å². The number of hydrogen-bond donors (Lipinski definition) is 0. The van der Waals surface area contributed by atoms with Crippen molar-refractivity contribution in [3.8, 4) is 17.2 Å². The second-order valence-electron chi connectivity index (χ2n) is 10.4. The average Bonchev–Trinajstić information content (AvgIpc) is 3.36. The van der Waals surface area contributed by atoms with Crippen LogP contribution in [0.5, 0.6) is 17.2 Å². The van der Waals surface area contributed by atoms with Crippen molar-refractivity contribution in [1.29, 1.82) is 0 Å². The van der Waals surface area contributed by atoms with E-state index in [2.05, 4.69) is 39.1 Å². The van der Waals surface area contributed by atoms with Gasteiger partial charge in [-0.05, 0) is 81.2 Å². The van der Waals surface area contributed by atoms with Crippen LogP contribution < -0.4 is 29.1 Å². The summed E-state index contributed by atoms with van der Waals surface area (Å²) >= 11 is 11.2. The van der Waals surface area contributed by atoms with Crippen molar-refractivity contribution in [1.82, 2.24) is 4.57 Å². The number of esters is 1. The van der Waals surface area contributed by atoms with Crippen LogP contribution in [-0.4, -0.2) is 31.9 Å². The van der Waals surface area contributed by atoms with Crippen LogP contribution in [0.15, 0.2) is 98.3 Å². The van der Waals surface area contributed by atoms with Crippen molar-refractivity contribution in [3.05, 3.63) is 130 Å². The van der Waals surface area contributed by atoms with Crippen molar-refractivity contribution in [2.24, 2.45) is 4.99 Å². The van der Waals surface area contributed by atoms with E-state index in [9.17, 15) is 9.59 Å². The minimum Gasteiger partial charge on any atom is -0.496 e. The van der Waals surface area contributed by atoms with Gasteiger partial charge in [-0.3, -0.25) is 9.36 Å². The molecule has 0 saturated heterocycles. The van der Waals surface area contributed by atoms with Crippen LogP contribution in [0.4, 0.5) is 0 Å². The quantitative estimate of drug-likeness (QED) is 0.169. The fourth-order valence-corrected chi connectivity index (χ4v) is 7.39. The number of carbonyl (C=O) groups is 1. The van der Waals surface area contributed by atoms with E-state index in [4.69, 9.17) is 30.5 Å². The fourth-order valence-electron chi connectivity index (χ4n) is 5.59. The van der Waals surface area contributed by atoms with Crippen LogP contribution in [0, 0.1) is 0 Å².